The molecule has 2 aromatic carbocycles. The number of rotatable bonds is 5. The third kappa shape index (κ3) is 3.85. The van der Waals surface area contributed by atoms with Crippen LogP contribution < -0.4 is 10.1 Å². The molecule has 26 heavy (non-hydrogen) atoms. The molecule has 2 aromatic rings. The molecule has 2 amide bonds. The summed E-state index contributed by atoms with van der Waals surface area (Å²) in [7, 11) is 0. The predicted octanol–water partition coefficient (Wildman–Crippen LogP) is 3.47. The molecule has 1 atom stereocenters. The Bertz CT molecular complexity index is 792. The van der Waals surface area contributed by atoms with Gasteiger partial charge in [0.1, 0.15) is 17.6 Å². The van der Waals surface area contributed by atoms with Crippen molar-refractivity contribution >= 4 is 17.5 Å². The lowest BCUT2D eigenvalue weighted by molar-refractivity contribution is -0.119. The molecule has 1 N–H and O–H groups in total. The smallest absolute Gasteiger partial charge is 0.254 e. The van der Waals surface area contributed by atoms with Crippen LogP contribution in [0.15, 0.2) is 48.5 Å². The van der Waals surface area contributed by atoms with E-state index >= 15 is 0 Å². The van der Waals surface area contributed by atoms with E-state index in [-0.39, 0.29) is 11.8 Å². The Morgan fingerprint density at radius 2 is 1.92 bits per heavy atom. The zero-order valence-electron chi connectivity index (χ0n) is 14.6. The van der Waals surface area contributed by atoms with Gasteiger partial charge in [0, 0.05) is 12.1 Å². The van der Waals surface area contributed by atoms with Gasteiger partial charge < -0.3 is 15.0 Å². The molecule has 1 saturated heterocycles. The molecular weight excluding hydrogens is 335 g/mol. The van der Waals surface area contributed by atoms with Crippen molar-refractivity contribution in [3.63, 3.8) is 0 Å². The molecule has 3 rings (SSSR count). The van der Waals surface area contributed by atoms with Crippen LogP contribution in [0.5, 0.6) is 5.75 Å². The second-order valence-corrected chi connectivity index (χ2v) is 6.08. The number of anilines is 1. The first-order chi connectivity index (χ1) is 12.6. The van der Waals surface area contributed by atoms with E-state index in [0.29, 0.717) is 36.6 Å². The molecule has 1 aliphatic heterocycles. The maximum atomic E-state index is 13.1. The SMILES string of the molecule is CCOc1ccccc1NC(=O)[C@H]1CCCN1C(=O)c1ccc(F)cc1. The lowest BCUT2D eigenvalue weighted by Gasteiger charge is -2.24. The van der Waals surface area contributed by atoms with E-state index in [1.165, 1.54) is 24.3 Å². The summed E-state index contributed by atoms with van der Waals surface area (Å²) >= 11 is 0. The molecule has 1 fully saturated rings. The highest BCUT2D eigenvalue weighted by Crippen LogP contribution is 2.26. The minimum Gasteiger partial charge on any atom is -0.492 e. The number of likely N-dealkylation sites (tertiary alicyclic amines) is 1. The van der Waals surface area contributed by atoms with Crippen LogP contribution in [0.25, 0.3) is 0 Å². The van der Waals surface area contributed by atoms with Crippen LogP contribution in [0.1, 0.15) is 30.1 Å². The zero-order chi connectivity index (χ0) is 18.5. The summed E-state index contributed by atoms with van der Waals surface area (Å²) in [5.41, 5.74) is 0.959. The van der Waals surface area contributed by atoms with Crippen LogP contribution in [-0.4, -0.2) is 35.9 Å². The summed E-state index contributed by atoms with van der Waals surface area (Å²) in [5.74, 6) is -0.312. The van der Waals surface area contributed by atoms with E-state index in [4.69, 9.17) is 4.74 Å². The number of nitrogens with zero attached hydrogens (tertiary/aromatic N) is 1. The molecule has 0 spiro atoms. The number of ether oxygens (including phenoxy) is 1. The van der Waals surface area contributed by atoms with Gasteiger partial charge in [-0.25, -0.2) is 4.39 Å². The summed E-state index contributed by atoms with van der Waals surface area (Å²) in [5, 5.41) is 2.86. The van der Waals surface area contributed by atoms with Gasteiger partial charge in [-0.2, -0.15) is 0 Å². The van der Waals surface area contributed by atoms with E-state index < -0.39 is 11.9 Å². The molecule has 6 heteroatoms. The third-order valence-electron chi connectivity index (χ3n) is 4.35. The number of nitrogens with one attached hydrogen (secondary N) is 1. The number of halogens is 1. The quantitative estimate of drug-likeness (QED) is 0.892. The summed E-state index contributed by atoms with van der Waals surface area (Å²) < 4.78 is 18.6. The van der Waals surface area contributed by atoms with Crippen LogP contribution in [0, 0.1) is 5.82 Å². The second-order valence-electron chi connectivity index (χ2n) is 6.08. The van der Waals surface area contributed by atoms with Crippen LogP contribution in [-0.2, 0) is 4.79 Å². The summed E-state index contributed by atoms with van der Waals surface area (Å²) in [6, 6.07) is 12.0. The summed E-state index contributed by atoms with van der Waals surface area (Å²) in [6.45, 7) is 2.87. The number of carbonyl (C=O) groups is 2. The van der Waals surface area contributed by atoms with Gasteiger partial charge in [-0.1, -0.05) is 12.1 Å². The van der Waals surface area contributed by atoms with Crippen molar-refractivity contribution in [1.29, 1.82) is 0 Å². The van der Waals surface area contributed by atoms with Gasteiger partial charge in [0.2, 0.25) is 5.91 Å². The Morgan fingerprint density at radius 3 is 2.65 bits per heavy atom. The highest BCUT2D eigenvalue weighted by Gasteiger charge is 2.34. The molecule has 0 aromatic heterocycles. The third-order valence-corrected chi connectivity index (χ3v) is 4.35. The molecule has 1 aliphatic rings. The van der Waals surface area contributed by atoms with Crippen molar-refractivity contribution in [2.45, 2.75) is 25.8 Å². The molecular formula is C20H21FN2O3. The molecule has 136 valence electrons. The number of para-hydroxylation sites is 2. The lowest BCUT2D eigenvalue weighted by atomic mass is 10.1. The zero-order valence-corrected chi connectivity index (χ0v) is 14.6. The molecule has 0 aliphatic carbocycles. The summed E-state index contributed by atoms with van der Waals surface area (Å²) in [6.07, 6.45) is 1.34. The fourth-order valence-electron chi connectivity index (χ4n) is 3.11. The van der Waals surface area contributed by atoms with Crippen molar-refractivity contribution in [3.05, 3.63) is 59.9 Å². The lowest BCUT2D eigenvalue weighted by Crippen LogP contribution is -2.43. The van der Waals surface area contributed by atoms with Crippen molar-refractivity contribution in [3.8, 4) is 5.75 Å². The van der Waals surface area contributed by atoms with Gasteiger partial charge >= 0.3 is 0 Å². The average Bonchev–Trinajstić information content (AvgIpc) is 3.13. The molecule has 5 nitrogen and oxygen atoms in total. The maximum Gasteiger partial charge on any atom is 0.254 e. The molecule has 0 unspecified atom stereocenters. The van der Waals surface area contributed by atoms with E-state index in [0.717, 1.165) is 6.42 Å². The largest absolute Gasteiger partial charge is 0.492 e. The molecule has 0 radical (unpaired) electrons. The first-order valence-corrected chi connectivity index (χ1v) is 8.69. The number of carbonyl (C=O) groups excluding carboxylic acids is 2. The number of hydrogen-bond donors (Lipinski definition) is 1. The normalized spacial score (nSPS) is 16.4. The number of benzene rings is 2. The Hall–Kier alpha value is -2.89. The molecule has 0 saturated carbocycles. The van der Waals surface area contributed by atoms with Crippen molar-refractivity contribution in [1.82, 2.24) is 4.90 Å². The average molecular weight is 356 g/mol. The monoisotopic (exact) mass is 356 g/mol. The minimum atomic E-state index is -0.553. The van der Waals surface area contributed by atoms with Crippen LogP contribution in [0.2, 0.25) is 0 Å². The van der Waals surface area contributed by atoms with Gasteiger partial charge in [-0.05, 0) is 56.2 Å². The maximum absolute atomic E-state index is 13.1. The topological polar surface area (TPSA) is 58.6 Å². The first-order valence-electron chi connectivity index (χ1n) is 8.69. The van der Waals surface area contributed by atoms with E-state index in [1.807, 2.05) is 19.1 Å². The highest BCUT2D eigenvalue weighted by atomic mass is 19.1. The van der Waals surface area contributed by atoms with Crippen molar-refractivity contribution < 1.29 is 18.7 Å². The fraction of sp³-hybridized carbons (Fsp3) is 0.300. The predicted molar refractivity (Wildman–Crippen MR) is 96.7 cm³/mol. The van der Waals surface area contributed by atoms with Crippen LogP contribution >= 0.6 is 0 Å². The van der Waals surface area contributed by atoms with E-state index in [9.17, 15) is 14.0 Å². The van der Waals surface area contributed by atoms with Crippen LogP contribution in [0.3, 0.4) is 0 Å². The first kappa shape index (κ1) is 17.9. The standard InChI is InChI=1S/C20H21FN2O3/c1-2-26-18-8-4-3-6-16(18)22-19(24)17-7-5-13-23(17)20(25)14-9-11-15(21)12-10-14/h3-4,6,8-12,17H,2,5,7,13H2,1H3,(H,22,24)/t17-/m1/s1. The Balaban J connectivity index is 1.74. The number of hydrogen-bond acceptors (Lipinski definition) is 3. The van der Waals surface area contributed by atoms with Gasteiger partial charge in [-0.3, -0.25) is 9.59 Å². The Morgan fingerprint density at radius 1 is 1.19 bits per heavy atom. The molecule has 0 bridgehead atoms. The highest BCUT2D eigenvalue weighted by molar-refractivity contribution is 6.02. The Kier molecular flexibility index (Phi) is 5.51. The number of amides is 2. The van der Waals surface area contributed by atoms with Gasteiger partial charge in [0.15, 0.2) is 0 Å². The fourth-order valence-corrected chi connectivity index (χ4v) is 3.11. The molecule has 1 heterocycles. The summed E-state index contributed by atoms with van der Waals surface area (Å²) in [4.78, 5) is 27.0. The Labute approximate surface area is 151 Å². The van der Waals surface area contributed by atoms with Crippen molar-refractivity contribution in [2.75, 3.05) is 18.5 Å². The van der Waals surface area contributed by atoms with E-state index in [1.54, 1.807) is 17.0 Å². The van der Waals surface area contributed by atoms with Crippen LogP contribution in [0.4, 0.5) is 10.1 Å². The van der Waals surface area contributed by atoms with Gasteiger partial charge in [0.25, 0.3) is 5.91 Å². The van der Waals surface area contributed by atoms with E-state index in [2.05, 4.69) is 5.32 Å². The second kappa shape index (κ2) is 7.99. The van der Waals surface area contributed by atoms with Gasteiger partial charge in [-0.15, -0.1) is 0 Å². The van der Waals surface area contributed by atoms with Gasteiger partial charge in [0.05, 0.1) is 12.3 Å². The minimum absolute atomic E-state index is 0.245. The van der Waals surface area contributed by atoms with Crippen molar-refractivity contribution in [2.24, 2.45) is 0 Å².